The molecular formula is C33H45N5O6. The Morgan fingerprint density at radius 3 is 2.32 bits per heavy atom. The maximum absolute atomic E-state index is 14.4. The summed E-state index contributed by atoms with van der Waals surface area (Å²) in [6.07, 6.45) is 5.87. The molecule has 238 valence electrons. The molecule has 2 unspecified atom stereocenters. The van der Waals surface area contributed by atoms with Crippen molar-refractivity contribution < 1.29 is 29.1 Å². The lowest BCUT2D eigenvalue weighted by atomic mass is 9.72. The quantitative estimate of drug-likeness (QED) is 0.183. The Morgan fingerprint density at radius 1 is 1.02 bits per heavy atom. The first-order chi connectivity index (χ1) is 20.9. The number of aliphatic hydroxyl groups excluding tert-OH is 1. The molecule has 11 heteroatoms. The molecule has 0 saturated heterocycles. The molecule has 4 rings (SSSR count). The normalized spacial score (nSPS) is 24.8. The molecule has 3 amide bonds. The van der Waals surface area contributed by atoms with Crippen LogP contribution in [0.15, 0.2) is 53.9 Å². The topological polar surface area (TPSA) is 180 Å². The second-order valence-electron chi connectivity index (χ2n) is 12.9. The Morgan fingerprint density at radius 2 is 1.70 bits per heavy atom. The van der Waals surface area contributed by atoms with Crippen LogP contribution < -0.4 is 27.0 Å². The maximum atomic E-state index is 14.4. The number of hydrogen-bond donors (Lipinski definition) is 6. The lowest BCUT2D eigenvalue weighted by Gasteiger charge is -2.35. The Balaban J connectivity index is 1.54. The summed E-state index contributed by atoms with van der Waals surface area (Å²) in [6, 6.07) is 8.61. The fourth-order valence-corrected chi connectivity index (χ4v) is 6.97. The van der Waals surface area contributed by atoms with Crippen LogP contribution in [-0.2, 0) is 30.4 Å². The van der Waals surface area contributed by atoms with Gasteiger partial charge in [0.15, 0.2) is 11.6 Å². The number of aliphatic hydroxyl groups is 1. The number of Topliss-reactive ketones (excluding diaryl/α,β-unsaturated/α-hetero) is 2. The van der Waals surface area contributed by atoms with Crippen LogP contribution in [0.3, 0.4) is 0 Å². The molecule has 3 aliphatic rings. The number of amides is 3. The van der Waals surface area contributed by atoms with E-state index in [2.05, 4.69) is 21.3 Å². The van der Waals surface area contributed by atoms with E-state index in [0.717, 1.165) is 31.2 Å². The number of ketones is 2. The van der Waals surface area contributed by atoms with Crippen molar-refractivity contribution in [1.29, 1.82) is 0 Å². The second kappa shape index (κ2) is 13.8. The molecule has 7 N–H and O–H groups in total. The van der Waals surface area contributed by atoms with Crippen LogP contribution in [0.25, 0.3) is 0 Å². The van der Waals surface area contributed by atoms with E-state index in [4.69, 9.17) is 5.73 Å². The highest BCUT2D eigenvalue weighted by Gasteiger charge is 2.56. The van der Waals surface area contributed by atoms with Gasteiger partial charge in [-0.25, -0.2) is 0 Å². The van der Waals surface area contributed by atoms with Crippen molar-refractivity contribution in [3.8, 4) is 0 Å². The zero-order chi connectivity index (χ0) is 32.1. The van der Waals surface area contributed by atoms with Crippen molar-refractivity contribution in [3.63, 3.8) is 0 Å². The van der Waals surface area contributed by atoms with Gasteiger partial charge >= 0.3 is 0 Å². The molecule has 0 radical (unpaired) electrons. The van der Waals surface area contributed by atoms with E-state index >= 15 is 0 Å². The van der Waals surface area contributed by atoms with Crippen LogP contribution in [0, 0.1) is 11.8 Å². The van der Waals surface area contributed by atoms with E-state index in [1.54, 1.807) is 6.20 Å². The van der Waals surface area contributed by atoms with Gasteiger partial charge in [-0.2, -0.15) is 0 Å². The van der Waals surface area contributed by atoms with E-state index < -0.39 is 34.9 Å². The Labute approximate surface area is 258 Å². The third-order valence-corrected chi connectivity index (χ3v) is 8.85. The number of rotatable bonds is 14. The molecule has 44 heavy (non-hydrogen) atoms. The summed E-state index contributed by atoms with van der Waals surface area (Å²) in [4.78, 5) is 64.9. The van der Waals surface area contributed by atoms with Crippen LogP contribution in [0.2, 0.25) is 0 Å². The summed E-state index contributed by atoms with van der Waals surface area (Å²) in [6.45, 7) is 5.20. The summed E-state index contributed by atoms with van der Waals surface area (Å²) in [5.41, 5.74) is 3.95. The van der Waals surface area contributed by atoms with Crippen molar-refractivity contribution in [2.75, 3.05) is 6.54 Å². The van der Waals surface area contributed by atoms with Gasteiger partial charge in [-0.1, -0.05) is 57.0 Å². The predicted molar refractivity (Wildman–Crippen MR) is 165 cm³/mol. The van der Waals surface area contributed by atoms with Gasteiger partial charge in [-0.05, 0) is 36.7 Å². The van der Waals surface area contributed by atoms with Gasteiger partial charge in [0.05, 0.1) is 12.5 Å². The Hall–Kier alpha value is -3.99. The first-order valence-corrected chi connectivity index (χ1v) is 15.5. The van der Waals surface area contributed by atoms with Crippen LogP contribution in [0.5, 0.6) is 0 Å². The van der Waals surface area contributed by atoms with Gasteiger partial charge < -0.3 is 32.1 Å². The fourth-order valence-electron chi connectivity index (χ4n) is 6.97. The molecule has 1 aromatic carbocycles. The minimum Gasteiger partial charge on any atom is -0.391 e. The van der Waals surface area contributed by atoms with Crippen molar-refractivity contribution in [1.82, 2.24) is 21.3 Å². The molecule has 1 fully saturated rings. The maximum Gasteiger partial charge on any atom is 0.242 e. The lowest BCUT2D eigenvalue weighted by molar-refractivity contribution is -0.130. The second-order valence-corrected chi connectivity index (χ2v) is 12.9. The number of nitrogens with one attached hydrogen (secondary N) is 4. The van der Waals surface area contributed by atoms with Gasteiger partial charge in [0.1, 0.15) is 17.1 Å². The van der Waals surface area contributed by atoms with Gasteiger partial charge in [-0.3, -0.25) is 24.0 Å². The van der Waals surface area contributed by atoms with Crippen LogP contribution in [0.1, 0.15) is 71.3 Å². The summed E-state index contributed by atoms with van der Waals surface area (Å²) >= 11 is 0. The molecule has 4 atom stereocenters. The monoisotopic (exact) mass is 607 g/mol. The summed E-state index contributed by atoms with van der Waals surface area (Å²) in [5.74, 6) is -1.94. The van der Waals surface area contributed by atoms with E-state index in [1.165, 1.54) is 13.1 Å². The average Bonchev–Trinajstić information content (AvgIpc) is 3.67. The highest BCUT2D eigenvalue weighted by molar-refractivity contribution is 6.18. The van der Waals surface area contributed by atoms with Crippen LogP contribution in [-0.4, -0.2) is 64.2 Å². The number of hydrogen-bond acceptors (Lipinski definition) is 8. The number of carbonyl (C=O) groups is 5. The standard InChI is InChI=1S/C33H45N5O6/c1-20(2)14-32(16-25(40)18-35-31(44)28(38-21(3)39)23-11-7-8-12-23)30(43)26(19-36-32)33(15-22-9-5-4-6-10-22)29(42)24(17-37-33)13-27(34)41/h4-6,9-10,17,19-20,23,25,28,36-37,40H,7-8,11-16,18H2,1-3H3,(H2,34,41)(H,35,44)(H,38,39)/t25?,28-,32?,33-/m0/s1. The van der Waals surface area contributed by atoms with Crippen LogP contribution in [0.4, 0.5) is 0 Å². The third-order valence-electron chi connectivity index (χ3n) is 8.85. The summed E-state index contributed by atoms with van der Waals surface area (Å²) < 4.78 is 0. The highest BCUT2D eigenvalue weighted by atomic mass is 16.3. The van der Waals surface area contributed by atoms with Gasteiger partial charge in [0.2, 0.25) is 17.7 Å². The molecule has 1 saturated carbocycles. The van der Waals surface area contributed by atoms with Gasteiger partial charge in [0, 0.05) is 49.9 Å². The van der Waals surface area contributed by atoms with E-state index in [-0.39, 0.29) is 66.4 Å². The minimum absolute atomic E-state index is 0.0182. The van der Waals surface area contributed by atoms with Crippen molar-refractivity contribution >= 4 is 29.3 Å². The smallest absolute Gasteiger partial charge is 0.242 e. The fraction of sp³-hybridized carbons (Fsp3) is 0.545. The zero-order valence-electron chi connectivity index (χ0n) is 25.8. The molecule has 2 heterocycles. The Kier molecular flexibility index (Phi) is 10.3. The van der Waals surface area contributed by atoms with E-state index in [1.807, 2.05) is 44.2 Å². The molecule has 0 aromatic heterocycles. The summed E-state index contributed by atoms with van der Waals surface area (Å²) in [7, 11) is 0. The largest absolute Gasteiger partial charge is 0.391 e. The predicted octanol–water partition coefficient (Wildman–Crippen LogP) is 1.30. The SMILES string of the molecule is CC(=O)N[C@H](C(=O)NCC(O)CC1(CC(C)C)NC=C([C@]2(Cc3ccccc3)NC=C(CC(N)=O)C2=O)C1=O)C1CCCC1. The van der Waals surface area contributed by atoms with Crippen molar-refractivity contribution in [2.45, 2.75) is 95.4 Å². The summed E-state index contributed by atoms with van der Waals surface area (Å²) in [5, 5.41) is 23.1. The van der Waals surface area contributed by atoms with E-state index in [9.17, 15) is 29.1 Å². The molecule has 1 aromatic rings. The van der Waals surface area contributed by atoms with Gasteiger partial charge in [-0.15, -0.1) is 0 Å². The number of nitrogens with two attached hydrogens (primary N) is 1. The number of carbonyl (C=O) groups excluding carboxylic acids is 5. The minimum atomic E-state index is -1.46. The zero-order valence-corrected chi connectivity index (χ0v) is 25.8. The number of primary amides is 1. The first-order valence-electron chi connectivity index (χ1n) is 15.5. The van der Waals surface area contributed by atoms with Crippen molar-refractivity contribution in [3.05, 3.63) is 59.4 Å². The van der Waals surface area contributed by atoms with E-state index in [0.29, 0.717) is 6.42 Å². The molecular weight excluding hydrogens is 562 g/mol. The van der Waals surface area contributed by atoms with Crippen molar-refractivity contribution in [2.24, 2.45) is 17.6 Å². The molecule has 2 aliphatic heterocycles. The average molecular weight is 608 g/mol. The lowest BCUT2D eigenvalue weighted by Crippen LogP contribution is -2.56. The van der Waals surface area contributed by atoms with Gasteiger partial charge in [0.25, 0.3) is 0 Å². The third kappa shape index (κ3) is 7.20. The first kappa shape index (κ1) is 32.9. The highest BCUT2D eigenvalue weighted by Crippen LogP contribution is 2.40. The number of benzene rings is 1. The molecule has 0 spiro atoms. The molecule has 0 bridgehead atoms. The Bertz CT molecular complexity index is 1340. The van der Waals surface area contributed by atoms with Crippen LogP contribution >= 0.6 is 0 Å². The molecule has 1 aliphatic carbocycles. The molecule has 11 nitrogen and oxygen atoms in total.